The highest BCUT2D eigenvalue weighted by molar-refractivity contribution is 8.00. The van der Waals surface area contributed by atoms with Crippen molar-refractivity contribution in [2.24, 2.45) is 0 Å². The number of hydrogen-bond donors (Lipinski definition) is 1. The number of halogens is 2. The molecule has 0 bridgehead atoms. The third kappa shape index (κ3) is 3.63. The van der Waals surface area contributed by atoms with Crippen molar-refractivity contribution in [2.45, 2.75) is 17.3 Å². The minimum Gasteiger partial charge on any atom is -0.324 e. The zero-order valence-corrected chi connectivity index (χ0v) is 14.5. The van der Waals surface area contributed by atoms with Gasteiger partial charge in [-0.05, 0) is 37.3 Å². The van der Waals surface area contributed by atoms with E-state index in [-0.39, 0.29) is 11.2 Å². The fourth-order valence-electron chi connectivity index (χ4n) is 2.04. The summed E-state index contributed by atoms with van der Waals surface area (Å²) in [4.78, 5) is 16.7. The normalized spacial score (nSPS) is 12.3. The Morgan fingerprint density at radius 3 is 2.91 bits per heavy atom. The van der Waals surface area contributed by atoms with Crippen molar-refractivity contribution in [3.63, 3.8) is 0 Å². The third-order valence-electron chi connectivity index (χ3n) is 3.25. The molecule has 4 nitrogen and oxygen atoms in total. The van der Waals surface area contributed by atoms with E-state index in [1.807, 2.05) is 35.7 Å². The summed E-state index contributed by atoms with van der Waals surface area (Å²) in [5.74, 6) is -0.146. The number of nitrogens with one attached hydrogen (secondary N) is 1. The van der Waals surface area contributed by atoms with Crippen LogP contribution in [-0.4, -0.2) is 20.5 Å². The fraction of sp³-hybridized carbons (Fsp3) is 0.125. The SMILES string of the molecule is C[C@H](Sc1ncc2ccccn12)C(=O)Nc1ccc(Cl)cc1Cl. The Morgan fingerprint density at radius 2 is 2.13 bits per heavy atom. The number of hydrogen-bond acceptors (Lipinski definition) is 3. The third-order valence-corrected chi connectivity index (χ3v) is 4.87. The molecule has 3 rings (SSSR count). The molecule has 0 aliphatic carbocycles. The molecule has 2 heterocycles. The van der Waals surface area contributed by atoms with Gasteiger partial charge in [0.25, 0.3) is 0 Å². The van der Waals surface area contributed by atoms with Crippen LogP contribution in [0.3, 0.4) is 0 Å². The lowest BCUT2D eigenvalue weighted by Gasteiger charge is -2.12. The number of carbonyl (C=O) groups is 1. The zero-order valence-electron chi connectivity index (χ0n) is 12.2. The van der Waals surface area contributed by atoms with Gasteiger partial charge < -0.3 is 5.32 Å². The molecular formula is C16H13Cl2N3OS. The van der Waals surface area contributed by atoms with Crippen LogP contribution in [0, 0.1) is 0 Å². The van der Waals surface area contributed by atoms with Crippen molar-refractivity contribution in [2.75, 3.05) is 5.32 Å². The van der Waals surface area contributed by atoms with E-state index in [0.29, 0.717) is 15.7 Å². The first-order chi connectivity index (χ1) is 11.0. The highest BCUT2D eigenvalue weighted by atomic mass is 35.5. The van der Waals surface area contributed by atoms with Gasteiger partial charge in [-0.25, -0.2) is 4.98 Å². The van der Waals surface area contributed by atoms with Gasteiger partial charge >= 0.3 is 0 Å². The molecule has 0 fully saturated rings. The molecule has 1 N–H and O–H groups in total. The van der Waals surface area contributed by atoms with Crippen LogP contribution >= 0.6 is 35.0 Å². The lowest BCUT2D eigenvalue weighted by molar-refractivity contribution is -0.115. The maximum atomic E-state index is 12.4. The van der Waals surface area contributed by atoms with Gasteiger partial charge in [0.15, 0.2) is 5.16 Å². The van der Waals surface area contributed by atoms with Crippen LogP contribution in [0.5, 0.6) is 0 Å². The number of imidazole rings is 1. The average Bonchev–Trinajstić information content (AvgIpc) is 2.93. The van der Waals surface area contributed by atoms with E-state index in [2.05, 4.69) is 10.3 Å². The van der Waals surface area contributed by atoms with Crippen molar-refractivity contribution >= 4 is 52.1 Å². The predicted octanol–water partition coefficient (Wildman–Crippen LogP) is 4.76. The summed E-state index contributed by atoms with van der Waals surface area (Å²) in [6.07, 6.45) is 3.70. The zero-order chi connectivity index (χ0) is 16.4. The summed E-state index contributed by atoms with van der Waals surface area (Å²) in [5, 5.41) is 4.19. The van der Waals surface area contributed by atoms with E-state index in [9.17, 15) is 4.79 Å². The summed E-state index contributed by atoms with van der Waals surface area (Å²) in [6.45, 7) is 1.83. The second-order valence-corrected chi connectivity index (χ2v) is 7.06. The number of anilines is 1. The van der Waals surface area contributed by atoms with Gasteiger partial charge in [0, 0.05) is 11.2 Å². The van der Waals surface area contributed by atoms with Crippen LogP contribution in [0.1, 0.15) is 6.92 Å². The lowest BCUT2D eigenvalue weighted by atomic mass is 10.3. The molecule has 0 saturated heterocycles. The molecule has 7 heteroatoms. The molecule has 1 atom stereocenters. The molecular weight excluding hydrogens is 353 g/mol. The highest BCUT2D eigenvalue weighted by Gasteiger charge is 2.18. The summed E-state index contributed by atoms with van der Waals surface area (Å²) in [7, 11) is 0. The van der Waals surface area contributed by atoms with Crippen LogP contribution in [0.2, 0.25) is 10.0 Å². The van der Waals surface area contributed by atoms with E-state index in [1.54, 1.807) is 24.4 Å². The standard InChI is InChI=1S/C16H13Cl2N3OS/c1-10(15(22)20-14-6-5-11(17)8-13(14)18)23-16-19-9-12-4-2-3-7-21(12)16/h2-10H,1H3,(H,20,22)/t10-/m0/s1. The van der Waals surface area contributed by atoms with Gasteiger partial charge in [0.1, 0.15) is 0 Å². The average molecular weight is 366 g/mol. The second-order valence-electron chi connectivity index (χ2n) is 4.91. The number of rotatable bonds is 4. The Bertz CT molecular complexity index is 865. The van der Waals surface area contributed by atoms with Crippen LogP contribution in [0.25, 0.3) is 5.52 Å². The maximum Gasteiger partial charge on any atom is 0.237 e. The summed E-state index contributed by atoms with van der Waals surface area (Å²) < 4.78 is 1.95. The van der Waals surface area contributed by atoms with E-state index in [0.717, 1.165) is 10.7 Å². The lowest BCUT2D eigenvalue weighted by Crippen LogP contribution is -2.22. The van der Waals surface area contributed by atoms with E-state index >= 15 is 0 Å². The maximum absolute atomic E-state index is 12.4. The molecule has 0 aliphatic heterocycles. The molecule has 1 aromatic carbocycles. The van der Waals surface area contributed by atoms with Gasteiger partial charge in [-0.3, -0.25) is 9.20 Å². The first-order valence-corrected chi connectivity index (χ1v) is 8.53. The molecule has 1 amide bonds. The highest BCUT2D eigenvalue weighted by Crippen LogP contribution is 2.28. The number of nitrogens with zero attached hydrogens (tertiary/aromatic N) is 2. The first kappa shape index (κ1) is 16.2. The smallest absolute Gasteiger partial charge is 0.237 e. The van der Waals surface area contributed by atoms with Crippen molar-refractivity contribution in [1.82, 2.24) is 9.38 Å². The molecule has 0 saturated carbocycles. The minimum atomic E-state index is -0.326. The topological polar surface area (TPSA) is 46.4 Å². The van der Waals surface area contributed by atoms with Crippen molar-refractivity contribution in [3.8, 4) is 0 Å². The Balaban J connectivity index is 1.72. The largest absolute Gasteiger partial charge is 0.324 e. The van der Waals surface area contributed by atoms with Gasteiger partial charge in [0.2, 0.25) is 5.91 Å². The summed E-state index contributed by atoms with van der Waals surface area (Å²) >= 11 is 13.3. The fourth-order valence-corrected chi connectivity index (χ4v) is 3.37. The quantitative estimate of drug-likeness (QED) is 0.677. The van der Waals surface area contributed by atoms with Crippen molar-refractivity contribution in [3.05, 3.63) is 58.8 Å². The molecule has 0 unspecified atom stereocenters. The van der Waals surface area contributed by atoms with Crippen LogP contribution in [0.4, 0.5) is 5.69 Å². The number of pyridine rings is 1. The van der Waals surface area contributed by atoms with Crippen molar-refractivity contribution in [1.29, 1.82) is 0 Å². The van der Waals surface area contributed by atoms with E-state index in [4.69, 9.17) is 23.2 Å². The molecule has 0 radical (unpaired) electrons. The van der Waals surface area contributed by atoms with Crippen molar-refractivity contribution < 1.29 is 4.79 Å². The number of carbonyl (C=O) groups excluding carboxylic acids is 1. The van der Waals surface area contributed by atoms with Crippen LogP contribution in [-0.2, 0) is 4.79 Å². The Kier molecular flexibility index (Phi) is 4.80. The van der Waals surface area contributed by atoms with Gasteiger partial charge in [-0.2, -0.15) is 0 Å². The van der Waals surface area contributed by atoms with Gasteiger partial charge in [-0.1, -0.05) is 41.0 Å². The molecule has 118 valence electrons. The Hall–Kier alpha value is -1.69. The second kappa shape index (κ2) is 6.83. The Morgan fingerprint density at radius 1 is 1.30 bits per heavy atom. The predicted molar refractivity (Wildman–Crippen MR) is 95.6 cm³/mol. The molecule has 3 aromatic rings. The van der Waals surface area contributed by atoms with Crippen LogP contribution in [0.15, 0.2) is 53.9 Å². The molecule has 0 aliphatic rings. The number of aromatic nitrogens is 2. The van der Waals surface area contributed by atoms with E-state index < -0.39 is 0 Å². The van der Waals surface area contributed by atoms with Gasteiger partial charge in [0.05, 0.1) is 27.7 Å². The molecule has 0 spiro atoms. The number of thioether (sulfide) groups is 1. The Labute approximate surface area is 147 Å². The van der Waals surface area contributed by atoms with E-state index in [1.165, 1.54) is 11.8 Å². The summed E-state index contributed by atoms with van der Waals surface area (Å²) in [6, 6.07) is 10.8. The number of amides is 1. The number of fused-ring (bicyclic) bond motifs is 1. The number of benzene rings is 1. The summed E-state index contributed by atoms with van der Waals surface area (Å²) in [5.41, 5.74) is 1.53. The van der Waals surface area contributed by atoms with Crippen LogP contribution < -0.4 is 5.32 Å². The van der Waals surface area contributed by atoms with Gasteiger partial charge in [-0.15, -0.1) is 0 Å². The first-order valence-electron chi connectivity index (χ1n) is 6.89. The monoisotopic (exact) mass is 365 g/mol. The molecule has 2 aromatic heterocycles. The molecule has 23 heavy (non-hydrogen) atoms. The minimum absolute atomic E-state index is 0.146.